The van der Waals surface area contributed by atoms with Gasteiger partial charge in [0, 0.05) is 43.1 Å². The number of aryl methyl sites for hydroxylation is 6. The van der Waals surface area contributed by atoms with Gasteiger partial charge in [0.25, 0.3) is 0 Å². The zero-order valence-corrected chi connectivity index (χ0v) is 25.4. The fourth-order valence-corrected chi connectivity index (χ4v) is 8.23. The topological polar surface area (TPSA) is 24.7 Å². The predicted octanol–water partition coefficient (Wildman–Crippen LogP) is 10.1. The minimum Gasteiger partial charge on any atom is -0.256 e. The average molecular weight is 557 g/mol. The largest absolute Gasteiger partial charge is 0.256 e. The lowest BCUT2D eigenvalue weighted by Crippen LogP contribution is -1.97. The summed E-state index contributed by atoms with van der Waals surface area (Å²) in [5, 5.41) is 0. The molecule has 4 heteroatoms. The first-order valence-corrected chi connectivity index (χ1v) is 15.2. The molecule has 0 aliphatic carbocycles. The quantitative estimate of drug-likeness (QED) is 0.234. The summed E-state index contributed by atoms with van der Waals surface area (Å²) in [5.74, 6) is 0. The average Bonchev–Trinajstić information content (AvgIpc) is 3.72. The maximum absolute atomic E-state index is 4.73. The highest BCUT2D eigenvalue weighted by atomic mass is 32.1. The molecule has 2 aromatic heterocycles. The summed E-state index contributed by atoms with van der Waals surface area (Å²) in [5.41, 5.74) is 14.8. The molecule has 0 bridgehead atoms. The van der Waals surface area contributed by atoms with E-state index < -0.39 is 0 Å². The molecule has 0 amide bonds. The van der Waals surface area contributed by atoms with Gasteiger partial charge in [-0.2, -0.15) is 0 Å². The lowest BCUT2D eigenvalue weighted by atomic mass is 9.91. The van der Waals surface area contributed by atoms with Crippen LogP contribution in [0.2, 0.25) is 0 Å². The number of thiophene rings is 2. The molecule has 4 heterocycles. The summed E-state index contributed by atoms with van der Waals surface area (Å²) < 4.78 is 0. The summed E-state index contributed by atoms with van der Waals surface area (Å²) in [6.07, 6.45) is 12.1. The van der Waals surface area contributed by atoms with E-state index in [1.807, 2.05) is 47.3 Å². The molecule has 0 radical (unpaired) electrons. The van der Waals surface area contributed by atoms with Crippen LogP contribution in [0.5, 0.6) is 0 Å². The van der Waals surface area contributed by atoms with Crippen LogP contribution in [-0.2, 0) is 0 Å². The Bertz CT molecular complexity index is 1640. The minimum absolute atomic E-state index is 1.03. The number of aliphatic imine (C=N–C) groups is 2. The van der Waals surface area contributed by atoms with Crippen molar-refractivity contribution < 1.29 is 0 Å². The third-order valence-corrected chi connectivity index (χ3v) is 9.82. The molecule has 198 valence electrons. The van der Waals surface area contributed by atoms with Crippen LogP contribution in [0.1, 0.15) is 54.3 Å². The molecule has 0 atom stereocenters. The fourth-order valence-electron chi connectivity index (χ4n) is 6.01. The number of hydrogen-bond acceptors (Lipinski definition) is 4. The Morgan fingerprint density at radius 3 is 1.23 bits per heavy atom. The highest BCUT2D eigenvalue weighted by Gasteiger charge is 2.21. The van der Waals surface area contributed by atoms with Gasteiger partial charge in [0.2, 0.25) is 0 Å². The Morgan fingerprint density at radius 1 is 0.525 bits per heavy atom. The first kappa shape index (κ1) is 26.4. The van der Waals surface area contributed by atoms with E-state index >= 15 is 0 Å². The van der Waals surface area contributed by atoms with Gasteiger partial charge in [0.15, 0.2) is 0 Å². The van der Waals surface area contributed by atoms with Gasteiger partial charge in [-0.1, -0.05) is 35.4 Å². The molecule has 6 rings (SSSR count). The number of nitrogens with zero attached hydrogens (tertiary/aromatic N) is 2. The van der Waals surface area contributed by atoms with Crippen molar-refractivity contribution in [3.8, 4) is 9.75 Å². The van der Waals surface area contributed by atoms with Crippen molar-refractivity contribution in [1.82, 2.24) is 0 Å². The van der Waals surface area contributed by atoms with Crippen molar-refractivity contribution in [2.45, 2.75) is 41.5 Å². The Kier molecular flexibility index (Phi) is 6.99. The molecule has 2 aliphatic heterocycles. The van der Waals surface area contributed by atoms with Crippen molar-refractivity contribution >= 4 is 46.2 Å². The van der Waals surface area contributed by atoms with E-state index in [9.17, 15) is 0 Å². The maximum Gasteiger partial charge on any atom is 0.0722 e. The van der Waals surface area contributed by atoms with E-state index in [4.69, 9.17) is 9.98 Å². The minimum atomic E-state index is 1.03. The second-order valence-corrected chi connectivity index (χ2v) is 12.8. The van der Waals surface area contributed by atoms with Gasteiger partial charge in [-0.25, -0.2) is 0 Å². The Labute approximate surface area is 245 Å². The first-order chi connectivity index (χ1) is 19.3. The molecule has 2 nitrogen and oxygen atoms in total. The van der Waals surface area contributed by atoms with Gasteiger partial charge in [-0.05, 0) is 123 Å². The zero-order chi connectivity index (χ0) is 28.0. The van der Waals surface area contributed by atoms with E-state index in [1.165, 1.54) is 75.2 Å². The van der Waals surface area contributed by atoms with Crippen LogP contribution >= 0.6 is 22.7 Å². The number of hydrogen-bond donors (Lipinski definition) is 0. The lowest BCUT2D eigenvalue weighted by Gasteiger charge is -2.15. The molecular weight excluding hydrogens is 525 g/mol. The van der Waals surface area contributed by atoms with Crippen molar-refractivity contribution in [2.75, 3.05) is 0 Å². The summed E-state index contributed by atoms with van der Waals surface area (Å²) in [7, 11) is 0. The molecule has 0 spiro atoms. The highest BCUT2D eigenvalue weighted by molar-refractivity contribution is 7.23. The SMILES string of the molecule is Cc1cc(C)c(/C(=C2\C=CC=N2)c2ccc(-c3ccc(/C(=C4/C=CC=N4)c4c(C)cc(C)cc4C)s3)s2)c(C)c1. The molecule has 0 fully saturated rings. The van der Waals surface area contributed by atoms with E-state index in [0.717, 1.165) is 11.4 Å². The molecule has 0 saturated heterocycles. The Balaban J connectivity index is 1.45. The molecular formula is C36H32N2S2. The van der Waals surface area contributed by atoms with E-state index in [2.05, 4.69) is 102 Å². The van der Waals surface area contributed by atoms with E-state index in [0.29, 0.717) is 0 Å². The Morgan fingerprint density at radius 2 is 0.900 bits per heavy atom. The van der Waals surface area contributed by atoms with Gasteiger partial charge >= 0.3 is 0 Å². The van der Waals surface area contributed by atoms with E-state index in [-0.39, 0.29) is 0 Å². The number of benzene rings is 2. The molecule has 0 saturated carbocycles. The van der Waals surface area contributed by atoms with Crippen LogP contribution in [0, 0.1) is 41.5 Å². The highest BCUT2D eigenvalue weighted by Crippen LogP contribution is 2.44. The van der Waals surface area contributed by atoms with Crippen LogP contribution in [-0.4, -0.2) is 12.4 Å². The fraction of sp³-hybridized carbons (Fsp3) is 0.167. The summed E-state index contributed by atoms with van der Waals surface area (Å²) >= 11 is 3.69. The molecule has 2 aromatic carbocycles. The second kappa shape index (κ2) is 10.6. The summed E-state index contributed by atoms with van der Waals surface area (Å²) in [4.78, 5) is 14.5. The number of allylic oxidation sites excluding steroid dienone is 4. The van der Waals surface area contributed by atoms with Crippen molar-refractivity contribution in [1.29, 1.82) is 0 Å². The van der Waals surface area contributed by atoms with Crippen molar-refractivity contribution in [3.63, 3.8) is 0 Å². The molecule has 2 aliphatic rings. The van der Waals surface area contributed by atoms with Gasteiger partial charge in [0.05, 0.1) is 11.4 Å². The lowest BCUT2D eigenvalue weighted by molar-refractivity contribution is 1.28. The standard InChI is InChI=1S/C36H32N2S2/c1-21-17-23(3)33(24(4)18-21)35(27-9-7-15-37-27)31-13-11-29(39-31)30-12-14-32(40-30)36(28-10-8-16-38-28)34-25(5)19-22(2)20-26(34)6/h7-20H,1-6H3/b35-27+,36-28+. The normalized spacial score (nSPS) is 16.4. The van der Waals surface area contributed by atoms with Crippen LogP contribution in [0.25, 0.3) is 20.9 Å². The molecule has 4 aromatic rings. The zero-order valence-electron chi connectivity index (χ0n) is 23.8. The van der Waals surface area contributed by atoms with Crippen LogP contribution in [0.4, 0.5) is 0 Å². The maximum atomic E-state index is 4.73. The second-order valence-electron chi connectivity index (χ2n) is 10.7. The van der Waals surface area contributed by atoms with Gasteiger partial charge in [0.1, 0.15) is 0 Å². The predicted molar refractivity (Wildman–Crippen MR) is 176 cm³/mol. The third kappa shape index (κ3) is 4.83. The summed E-state index contributed by atoms with van der Waals surface area (Å²) in [6, 6.07) is 18.1. The van der Waals surface area contributed by atoms with Crippen LogP contribution in [0.3, 0.4) is 0 Å². The smallest absolute Gasteiger partial charge is 0.0722 e. The van der Waals surface area contributed by atoms with E-state index in [1.54, 1.807) is 0 Å². The first-order valence-electron chi connectivity index (χ1n) is 13.6. The van der Waals surface area contributed by atoms with Gasteiger partial charge in [-0.15, -0.1) is 22.7 Å². The summed E-state index contributed by atoms with van der Waals surface area (Å²) in [6.45, 7) is 13.2. The Hall–Kier alpha value is -3.86. The van der Waals surface area contributed by atoms with Crippen molar-refractivity contribution in [3.05, 3.63) is 138 Å². The van der Waals surface area contributed by atoms with Gasteiger partial charge in [-0.3, -0.25) is 9.98 Å². The molecule has 40 heavy (non-hydrogen) atoms. The van der Waals surface area contributed by atoms with Gasteiger partial charge < -0.3 is 0 Å². The molecule has 0 unspecified atom stereocenters. The molecule has 0 N–H and O–H groups in total. The third-order valence-electron chi connectivity index (χ3n) is 7.42. The van der Waals surface area contributed by atoms with Crippen LogP contribution < -0.4 is 0 Å². The van der Waals surface area contributed by atoms with Crippen LogP contribution in [0.15, 0.2) is 94.2 Å². The monoisotopic (exact) mass is 556 g/mol. The number of rotatable bonds is 5. The van der Waals surface area contributed by atoms with Crippen molar-refractivity contribution in [2.24, 2.45) is 9.98 Å².